The average molecular weight is 857 g/mol. The summed E-state index contributed by atoms with van der Waals surface area (Å²) in [6, 6.07) is 5.79. The van der Waals surface area contributed by atoms with E-state index in [9.17, 15) is 15.2 Å². The lowest BCUT2D eigenvalue weighted by Gasteiger charge is -2.62. The zero-order chi connectivity index (χ0) is 43.3. The number of esters is 1. The van der Waals surface area contributed by atoms with Gasteiger partial charge in [-0.15, -0.1) is 11.8 Å². The number of fused-ring (bicyclic) bond motifs is 9. The summed E-state index contributed by atoms with van der Waals surface area (Å²) in [5.41, 5.74) is 4.26. The smallest absolute Gasteiger partial charge is 0.504 e. The van der Waals surface area contributed by atoms with Crippen molar-refractivity contribution in [2.24, 2.45) is 0 Å². The predicted octanol–water partition coefficient (Wildman–Crippen LogP) is 6.07. The molecule has 1 spiro atoms. The summed E-state index contributed by atoms with van der Waals surface area (Å²) in [4.78, 5) is 32.3. The second-order valence-electron chi connectivity index (χ2n) is 17.5. The number of ether oxygens (including phenoxy) is 8. The molecule has 4 bridgehead atoms. The Morgan fingerprint density at radius 2 is 1.82 bits per heavy atom. The second kappa shape index (κ2) is 15.1. The Kier molecular flexibility index (Phi) is 10.2. The second-order valence-corrected chi connectivity index (χ2v) is 18.6. The van der Waals surface area contributed by atoms with Gasteiger partial charge in [-0.2, -0.15) is 5.26 Å². The normalized spacial score (nSPS) is 27.4. The van der Waals surface area contributed by atoms with Gasteiger partial charge in [-0.05, 0) is 95.8 Å². The Hall–Kier alpha value is -5.08. The van der Waals surface area contributed by atoms with Gasteiger partial charge < -0.3 is 43.0 Å². The van der Waals surface area contributed by atoms with E-state index < -0.39 is 52.7 Å². The van der Waals surface area contributed by atoms with Crippen molar-refractivity contribution in [1.29, 1.82) is 5.26 Å². The number of nitriles is 1. The van der Waals surface area contributed by atoms with Crippen LogP contribution in [-0.4, -0.2) is 104 Å². The van der Waals surface area contributed by atoms with E-state index in [4.69, 9.17) is 37.9 Å². The zero-order valence-corrected chi connectivity index (χ0v) is 36.7. The highest BCUT2D eigenvalue weighted by atomic mass is 32.2. The number of hydrogen-bond donors (Lipinski definition) is 2. The average Bonchev–Trinajstić information content (AvgIpc) is 3.70. The van der Waals surface area contributed by atoms with Crippen molar-refractivity contribution < 1.29 is 52.6 Å². The van der Waals surface area contributed by atoms with Crippen LogP contribution in [0.15, 0.2) is 18.2 Å². The highest BCUT2D eigenvalue weighted by molar-refractivity contribution is 7.99. The van der Waals surface area contributed by atoms with E-state index in [0.717, 1.165) is 38.9 Å². The number of nitrogens with one attached hydrogen (secondary N) is 1. The number of carbonyl (C=O) groups excluding carboxylic acids is 2. The van der Waals surface area contributed by atoms with Crippen LogP contribution < -0.4 is 33.7 Å². The van der Waals surface area contributed by atoms with E-state index in [2.05, 4.69) is 27.3 Å². The van der Waals surface area contributed by atoms with Gasteiger partial charge in [0.1, 0.15) is 24.0 Å². The molecule has 2 fully saturated rings. The van der Waals surface area contributed by atoms with Gasteiger partial charge in [-0.3, -0.25) is 15.1 Å². The third-order valence-electron chi connectivity index (χ3n) is 13.0. The Labute approximate surface area is 359 Å². The molecule has 3 aromatic rings. The van der Waals surface area contributed by atoms with Gasteiger partial charge in [0.15, 0.2) is 40.0 Å². The summed E-state index contributed by atoms with van der Waals surface area (Å²) in [6.45, 7) is 11.8. The molecular weight excluding hydrogens is 805 g/mol. The fraction of sp³-hybridized carbons (Fsp3) is 0.533. The number of piperazine rings is 1. The molecule has 1 unspecified atom stereocenters. The van der Waals surface area contributed by atoms with Gasteiger partial charge in [0, 0.05) is 46.6 Å². The monoisotopic (exact) mass is 856 g/mol. The summed E-state index contributed by atoms with van der Waals surface area (Å²) >= 11 is 1.56. The molecule has 10 rings (SSSR count). The number of aromatic hydroxyl groups is 1. The molecule has 7 aliphatic rings. The summed E-state index contributed by atoms with van der Waals surface area (Å²) in [5.74, 6) is 2.38. The Morgan fingerprint density at radius 1 is 1.05 bits per heavy atom. The fourth-order valence-corrected chi connectivity index (χ4v) is 12.4. The Balaban J connectivity index is 1.26. The Bertz CT molecular complexity index is 2380. The van der Waals surface area contributed by atoms with Crippen molar-refractivity contribution in [1.82, 2.24) is 15.1 Å². The molecule has 61 heavy (non-hydrogen) atoms. The summed E-state index contributed by atoms with van der Waals surface area (Å²) < 4.78 is 48.3. The number of methoxy groups -OCH3 is 2. The Morgan fingerprint density at radius 3 is 2.52 bits per heavy atom. The molecule has 0 aliphatic carbocycles. The molecule has 7 atom stereocenters. The molecule has 15 nitrogen and oxygen atoms in total. The minimum absolute atomic E-state index is 0.00722. The number of carbonyl (C=O) groups is 2. The number of aryl methyl sites for hydroxylation is 1. The van der Waals surface area contributed by atoms with Crippen LogP contribution >= 0.6 is 11.8 Å². The summed E-state index contributed by atoms with van der Waals surface area (Å²) in [5, 5.41) is 26.5. The highest BCUT2D eigenvalue weighted by Crippen LogP contribution is 2.64. The van der Waals surface area contributed by atoms with Crippen LogP contribution in [0.1, 0.15) is 89.5 Å². The number of nitrogens with zero attached hydrogens (tertiary/aromatic N) is 3. The predicted molar refractivity (Wildman–Crippen MR) is 223 cm³/mol. The summed E-state index contributed by atoms with van der Waals surface area (Å²) in [6.07, 6.45) is 0.171. The van der Waals surface area contributed by atoms with Gasteiger partial charge in [0.05, 0.1) is 44.2 Å². The van der Waals surface area contributed by atoms with Crippen LogP contribution in [0.5, 0.6) is 40.2 Å². The van der Waals surface area contributed by atoms with E-state index in [1.165, 1.54) is 7.11 Å². The minimum atomic E-state index is -1.37. The van der Waals surface area contributed by atoms with Crippen LogP contribution in [0, 0.1) is 25.2 Å². The molecule has 0 radical (unpaired) electrons. The maximum absolute atomic E-state index is 15.0. The number of thioether (sulfide) groups is 1. The molecule has 2 N–H and O–H groups in total. The quantitative estimate of drug-likeness (QED) is 0.224. The fourth-order valence-electron chi connectivity index (χ4n) is 10.7. The standard InChI is InChI=1S/C45H52N4O11S/c1-10-55-38-22(3)39-40(58-20-57-39)32-28-18-56-42(51)45(25-16-29(53-8)30(15-23(25)11-12-47-45)59-43(52)60-44(4,5)6)19-61-41(33(32)38)35-34-31-24(13-21(2)37(54-9)36(31)50)14-26(48(34)7)27(17-46)49(28)35/h13,15-16,26-28,34-35,41,47,50H,10-12,14,18-20H2,1-9H3/t26-,27-,28-,34+,35?,41+,45+/m0/s1. The first kappa shape index (κ1) is 41.3. The van der Waals surface area contributed by atoms with Gasteiger partial charge in [-0.1, -0.05) is 6.07 Å². The van der Waals surface area contributed by atoms with E-state index in [-0.39, 0.29) is 42.4 Å². The number of phenols is 1. The number of rotatable bonds is 5. The van der Waals surface area contributed by atoms with Gasteiger partial charge >= 0.3 is 12.1 Å². The lowest BCUT2D eigenvalue weighted by atomic mass is 9.71. The van der Waals surface area contributed by atoms with E-state index in [1.807, 2.05) is 27.8 Å². The molecule has 2 saturated heterocycles. The first-order chi connectivity index (χ1) is 29.2. The van der Waals surface area contributed by atoms with Crippen LogP contribution in [0.25, 0.3) is 0 Å². The third-order valence-corrected chi connectivity index (χ3v) is 14.5. The molecule has 324 valence electrons. The number of likely N-dealkylation sites (N-methyl/N-ethyl adjacent to an activating group) is 1. The number of hydrogen-bond acceptors (Lipinski definition) is 16. The van der Waals surface area contributed by atoms with Crippen LogP contribution in [0.3, 0.4) is 0 Å². The van der Waals surface area contributed by atoms with E-state index in [1.54, 1.807) is 51.8 Å². The number of phenolic OH excluding ortho intramolecular Hbond substituents is 1. The third kappa shape index (κ3) is 6.25. The molecule has 0 saturated carbocycles. The van der Waals surface area contributed by atoms with Gasteiger partial charge in [-0.25, -0.2) is 9.59 Å². The zero-order valence-electron chi connectivity index (χ0n) is 35.9. The van der Waals surface area contributed by atoms with Gasteiger partial charge in [0.2, 0.25) is 6.79 Å². The molecular formula is C45H52N4O11S. The van der Waals surface area contributed by atoms with E-state index >= 15 is 4.79 Å². The van der Waals surface area contributed by atoms with Gasteiger partial charge in [0.25, 0.3) is 0 Å². The molecule has 16 heteroatoms. The molecule has 3 aromatic carbocycles. The van der Waals surface area contributed by atoms with Crippen molar-refractivity contribution in [2.75, 3.05) is 53.6 Å². The first-order valence-electron chi connectivity index (χ1n) is 20.7. The van der Waals surface area contributed by atoms with Crippen LogP contribution in [0.2, 0.25) is 0 Å². The molecule has 7 heterocycles. The van der Waals surface area contributed by atoms with E-state index in [0.29, 0.717) is 54.6 Å². The summed E-state index contributed by atoms with van der Waals surface area (Å²) in [7, 11) is 5.07. The lowest BCUT2D eigenvalue weighted by Crippen LogP contribution is -2.69. The largest absolute Gasteiger partial charge is 0.514 e. The molecule has 7 aliphatic heterocycles. The lowest BCUT2D eigenvalue weighted by molar-refractivity contribution is -0.157. The van der Waals surface area contributed by atoms with Crippen LogP contribution in [0.4, 0.5) is 4.79 Å². The minimum Gasteiger partial charge on any atom is -0.504 e. The van der Waals surface area contributed by atoms with Crippen molar-refractivity contribution in [3.8, 4) is 46.3 Å². The van der Waals surface area contributed by atoms with Crippen molar-refractivity contribution in [2.45, 2.75) is 101 Å². The SMILES string of the molecule is CCOc1c(C)c2c(c3c1[C@H]1SC[C@]4(NCCc5cc(OC(=O)OC(C)(C)C)c(OC)cc54)C(=O)OC[C@@H]3N3C1[C@H]1c4c(cc(C)c(OC)c4O)C[C@@H]([C@@H]3C#N)N1C)OCO2. The maximum atomic E-state index is 15.0. The van der Waals surface area contributed by atoms with Crippen molar-refractivity contribution in [3.63, 3.8) is 0 Å². The number of benzene rings is 3. The maximum Gasteiger partial charge on any atom is 0.514 e. The topological polar surface area (TPSA) is 171 Å². The highest BCUT2D eigenvalue weighted by Gasteiger charge is 2.62. The van der Waals surface area contributed by atoms with Crippen molar-refractivity contribution in [3.05, 3.63) is 62.7 Å². The molecule has 0 amide bonds. The van der Waals surface area contributed by atoms with Crippen molar-refractivity contribution >= 4 is 23.9 Å². The molecule has 0 aromatic heterocycles. The van der Waals surface area contributed by atoms with Crippen LogP contribution in [-0.2, 0) is 32.6 Å². The first-order valence-corrected chi connectivity index (χ1v) is 21.8.